The van der Waals surface area contributed by atoms with Crippen LogP contribution < -0.4 is 5.32 Å². The zero-order valence-electron chi connectivity index (χ0n) is 8.52. The van der Waals surface area contributed by atoms with Crippen LogP contribution in [0, 0.1) is 0 Å². The van der Waals surface area contributed by atoms with Crippen molar-refractivity contribution in [3.05, 3.63) is 51.4 Å². The van der Waals surface area contributed by atoms with Gasteiger partial charge in [-0.25, -0.2) is 9.97 Å². The van der Waals surface area contributed by atoms with E-state index in [4.69, 9.17) is 0 Å². The quantitative estimate of drug-likeness (QED) is 0.898. The van der Waals surface area contributed by atoms with Gasteiger partial charge in [-0.3, -0.25) is 4.79 Å². The first-order valence-electron chi connectivity index (χ1n) is 4.69. The number of amides is 1. The van der Waals surface area contributed by atoms with Gasteiger partial charge in [0.05, 0.1) is 4.47 Å². The van der Waals surface area contributed by atoms with Crippen molar-refractivity contribution >= 4 is 43.5 Å². The molecular weight excluding hydrogens is 350 g/mol. The van der Waals surface area contributed by atoms with Crippen LogP contribution in [0.1, 0.15) is 10.6 Å². The summed E-state index contributed by atoms with van der Waals surface area (Å²) in [6, 6.07) is 7.31. The number of anilines is 1. The highest BCUT2D eigenvalue weighted by atomic mass is 79.9. The molecule has 1 heterocycles. The maximum Gasteiger partial charge on any atom is 0.293 e. The summed E-state index contributed by atoms with van der Waals surface area (Å²) in [6.45, 7) is 0. The molecule has 1 N–H and O–H groups in total. The first kappa shape index (κ1) is 12.2. The minimum Gasteiger partial charge on any atom is -0.319 e. The minimum absolute atomic E-state index is 0.133. The molecule has 1 aromatic heterocycles. The van der Waals surface area contributed by atoms with Gasteiger partial charge >= 0.3 is 0 Å². The van der Waals surface area contributed by atoms with Crippen molar-refractivity contribution in [3.63, 3.8) is 0 Å². The second kappa shape index (κ2) is 5.37. The maximum atomic E-state index is 11.8. The lowest BCUT2D eigenvalue weighted by Gasteiger charge is -2.04. The van der Waals surface area contributed by atoms with Gasteiger partial charge in [0.25, 0.3) is 5.91 Å². The molecule has 0 bridgehead atoms. The number of benzene rings is 1. The van der Waals surface area contributed by atoms with E-state index in [1.807, 2.05) is 12.1 Å². The molecule has 0 aliphatic carbocycles. The number of aromatic nitrogens is 2. The van der Waals surface area contributed by atoms with Gasteiger partial charge in [0, 0.05) is 22.6 Å². The molecule has 1 amide bonds. The van der Waals surface area contributed by atoms with Crippen LogP contribution >= 0.6 is 31.9 Å². The molecule has 0 saturated heterocycles. The molecule has 4 nitrogen and oxygen atoms in total. The number of rotatable bonds is 2. The van der Waals surface area contributed by atoms with Crippen molar-refractivity contribution in [3.8, 4) is 0 Å². The van der Waals surface area contributed by atoms with E-state index < -0.39 is 0 Å². The van der Waals surface area contributed by atoms with E-state index in [9.17, 15) is 4.79 Å². The predicted octanol–water partition coefficient (Wildman–Crippen LogP) is 3.25. The molecule has 2 rings (SSSR count). The number of nitrogens with zero attached hydrogens (tertiary/aromatic N) is 2. The normalized spacial score (nSPS) is 10.0. The zero-order valence-corrected chi connectivity index (χ0v) is 11.7. The van der Waals surface area contributed by atoms with E-state index in [-0.39, 0.29) is 11.7 Å². The fraction of sp³-hybridized carbons (Fsp3) is 0. The van der Waals surface area contributed by atoms with Gasteiger partial charge in [0.15, 0.2) is 0 Å². The standard InChI is InChI=1S/C11H7Br2N3O/c12-7-2-1-3-9(4-7)16-11(17)10-14-5-8(13)6-15-10/h1-6H,(H,16,17). The zero-order chi connectivity index (χ0) is 12.3. The van der Waals surface area contributed by atoms with Gasteiger partial charge < -0.3 is 5.32 Å². The van der Waals surface area contributed by atoms with Crippen LogP contribution in [0.2, 0.25) is 0 Å². The Hall–Kier alpha value is -1.27. The van der Waals surface area contributed by atoms with Crippen molar-refractivity contribution in [1.29, 1.82) is 0 Å². The highest BCUT2D eigenvalue weighted by Crippen LogP contribution is 2.16. The second-order valence-corrected chi connectivity index (χ2v) is 5.02. The average molecular weight is 357 g/mol. The summed E-state index contributed by atoms with van der Waals surface area (Å²) in [4.78, 5) is 19.6. The summed E-state index contributed by atoms with van der Waals surface area (Å²) in [5.74, 6) is -0.205. The third kappa shape index (κ3) is 3.34. The Labute approximate surface area is 115 Å². The smallest absolute Gasteiger partial charge is 0.293 e. The minimum atomic E-state index is -0.337. The Balaban J connectivity index is 2.14. The highest BCUT2D eigenvalue weighted by Gasteiger charge is 2.08. The predicted molar refractivity (Wildman–Crippen MR) is 71.8 cm³/mol. The van der Waals surface area contributed by atoms with Gasteiger partial charge in [-0.1, -0.05) is 22.0 Å². The van der Waals surface area contributed by atoms with E-state index in [1.165, 1.54) is 12.4 Å². The SMILES string of the molecule is O=C(Nc1cccc(Br)c1)c1ncc(Br)cn1. The Kier molecular flexibility index (Phi) is 3.86. The Bertz CT molecular complexity index is 543. The van der Waals surface area contributed by atoms with Crippen molar-refractivity contribution in [1.82, 2.24) is 9.97 Å². The fourth-order valence-corrected chi connectivity index (χ4v) is 1.79. The molecule has 0 spiro atoms. The van der Waals surface area contributed by atoms with E-state index in [0.29, 0.717) is 5.69 Å². The van der Waals surface area contributed by atoms with Crippen molar-refractivity contribution in [2.24, 2.45) is 0 Å². The van der Waals surface area contributed by atoms with Crippen LogP contribution in [0.25, 0.3) is 0 Å². The summed E-state index contributed by atoms with van der Waals surface area (Å²) in [5.41, 5.74) is 0.691. The summed E-state index contributed by atoms with van der Waals surface area (Å²) < 4.78 is 1.63. The first-order chi connectivity index (χ1) is 8.15. The molecule has 0 unspecified atom stereocenters. The molecule has 0 radical (unpaired) electrons. The number of hydrogen-bond donors (Lipinski definition) is 1. The number of halogens is 2. The lowest BCUT2D eigenvalue weighted by atomic mass is 10.3. The van der Waals surface area contributed by atoms with E-state index in [0.717, 1.165) is 8.95 Å². The molecule has 17 heavy (non-hydrogen) atoms. The van der Waals surface area contributed by atoms with Crippen LogP contribution in [-0.4, -0.2) is 15.9 Å². The van der Waals surface area contributed by atoms with Crippen molar-refractivity contribution in [2.75, 3.05) is 5.32 Å². The molecule has 6 heteroatoms. The molecule has 1 aromatic carbocycles. The average Bonchev–Trinajstić information content (AvgIpc) is 2.29. The molecule has 0 aliphatic heterocycles. The van der Waals surface area contributed by atoms with E-state index in [2.05, 4.69) is 47.1 Å². The topological polar surface area (TPSA) is 54.9 Å². The van der Waals surface area contributed by atoms with Crippen molar-refractivity contribution < 1.29 is 4.79 Å². The highest BCUT2D eigenvalue weighted by molar-refractivity contribution is 9.10. The molecule has 2 aromatic rings. The number of carbonyl (C=O) groups is 1. The van der Waals surface area contributed by atoms with Gasteiger partial charge in [0.1, 0.15) is 0 Å². The summed E-state index contributed by atoms with van der Waals surface area (Å²) in [7, 11) is 0. The number of nitrogens with one attached hydrogen (secondary N) is 1. The third-order valence-electron chi connectivity index (χ3n) is 1.91. The third-order valence-corrected chi connectivity index (χ3v) is 2.81. The van der Waals surface area contributed by atoms with Gasteiger partial charge in [-0.15, -0.1) is 0 Å². The molecule has 0 aliphatic rings. The molecule has 0 saturated carbocycles. The molecule has 0 fully saturated rings. The maximum absolute atomic E-state index is 11.8. The van der Waals surface area contributed by atoms with Gasteiger partial charge in [0.2, 0.25) is 5.82 Å². The van der Waals surface area contributed by atoms with Crippen LogP contribution in [-0.2, 0) is 0 Å². The Morgan fingerprint density at radius 2 is 1.82 bits per heavy atom. The van der Waals surface area contributed by atoms with E-state index >= 15 is 0 Å². The molecular formula is C11H7Br2N3O. The van der Waals surface area contributed by atoms with Gasteiger partial charge in [-0.05, 0) is 34.1 Å². The first-order valence-corrected chi connectivity index (χ1v) is 6.28. The van der Waals surface area contributed by atoms with Crippen LogP contribution in [0.3, 0.4) is 0 Å². The largest absolute Gasteiger partial charge is 0.319 e. The fourth-order valence-electron chi connectivity index (χ4n) is 1.18. The number of hydrogen-bond acceptors (Lipinski definition) is 3. The summed E-state index contributed by atoms with van der Waals surface area (Å²) >= 11 is 6.54. The monoisotopic (exact) mass is 355 g/mol. The van der Waals surface area contributed by atoms with Crippen molar-refractivity contribution in [2.45, 2.75) is 0 Å². The molecule has 0 atom stereocenters. The molecule has 86 valence electrons. The summed E-state index contributed by atoms with van der Waals surface area (Å²) in [5, 5.41) is 2.71. The Morgan fingerprint density at radius 3 is 2.47 bits per heavy atom. The summed E-state index contributed by atoms with van der Waals surface area (Å²) in [6.07, 6.45) is 3.06. The lowest BCUT2D eigenvalue weighted by Crippen LogP contribution is -2.15. The number of carbonyl (C=O) groups excluding carboxylic acids is 1. The van der Waals surface area contributed by atoms with Crippen LogP contribution in [0.4, 0.5) is 5.69 Å². The van der Waals surface area contributed by atoms with Gasteiger partial charge in [-0.2, -0.15) is 0 Å². The van der Waals surface area contributed by atoms with E-state index in [1.54, 1.807) is 12.1 Å². The second-order valence-electron chi connectivity index (χ2n) is 3.19. The van der Waals surface area contributed by atoms with Crippen LogP contribution in [0.15, 0.2) is 45.6 Å². The van der Waals surface area contributed by atoms with Crippen LogP contribution in [0.5, 0.6) is 0 Å². The Morgan fingerprint density at radius 1 is 1.12 bits per heavy atom. The lowest BCUT2D eigenvalue weighted by molar-refractivity contribution is 0.101.